The fourth-order valence-electron chi connectivity index (χ4n) is 3.17. The highest BCUT2D eigenvalue weighted by Gasteiger charge is 2.23. The highest BCUT2D eigenvalue weighted by molar-refractivity contribution is 5.92. The molecule has 0 unspecified atom stereocenters. The first-order valence-corrected chi connectivity index (χ1v) is 9.70. The Morgan fingerprint density at radius 3 is 2.56 bits per heavy atom. The molecule has 0 aliphatic carbocycles. The Bertz CT molecular complexity index is 751. The van der Waals surface area contributed by atoms with Gasteiger partial charge in [-0.3, -0.25) is 4.79 Å². The molecule has 0 spiro atoms. The quantitative estimate of drug-likeness (QED) is 0.849. The zero-order valence-corrected chi connectivity index (χ0v) is 16.5. The van der Waals surface area contributed by atoms with Crippen LogP contribution in [0.3, 0.4) is 0 Å². The van der Waals surface area contributed by atoms with E-state index in [1.54, 1.807) is 12.4 Å². The molecule has 1 amide bonds. The second kappa shape index (κ2) is 8.84. The number of nitrogens with zero attached hydrogens (tertiary/aromatic N) is 4. The van der Waals surface area contributed by atoms with Crippen LogP contribution in [0, 0.1) is 12.8 Å². The molecule has 1 aliphatic heterocycles. The van der Waals surface area contributed by atoms with Crippen molar-refractivity contribution in [2.45, 2.75) is 27.2 Å². The summed E-state index contributed by atoms with van der Waals surface area (Å²) in [5, 5.41) is 3.24. The Kier molecular flexibility index (Phi) is 6.27. The second-order valence-corrected chi connectivity index (χ2v) is 7.51. The molecule has 6 nitrogen and oxygen atoms in total. The molecule has 0 atom stereocenters. The van der Waals surface area contributed by atoms with Gasteiger partial charge in [0.05, 0.1) is 12.4 Å². The van der Waals surface area contributed by atoms with E-state index in [0.717, 1.165) is 31.9 Å². The lowest BCUT2D eigenvalue weighted by molar-refractivity contribution is 0.0740. The van der Waals surface area contributed by atoms with E-state index in [1.807, 2.05) is 4.90 Å². The SMILES string of the molecule is Cc1cccc(N2CCN(C(=O)c3cnc(NCCC(C)C)cn3)CC2)c1. The average Bonchev–Trinajstić information content (AvgIpc) is 2.68. The van der Waals surface area contributed by atoms with Crippen molar-refractivity contribution in [3.05, 3.63) is 47.9 Å². The maximum Gasteiger partial charge on any atom is 0.274 e. The zero-order valence-electron chi connectivity index (χ0n) is 16.5. The summed E-state index contributed by atoms with van der Waals surface area (Å²) in [5.74, 6) is 1.32. The molecular weight excluding hydrogens is 338 g/mol. The van der Waals surface area contributed by atoms with Crippen molar-refractivity contribution in [3.63, 3.8) is 0 Å². The highest BCUT2D eigenvalue weighted by Crippen LogP contribution is 2.18. The molecule has 0 saturated carbocycles. The van der Waals surface area contributed by atoms with E-state index in [9.17, 15) is 4.79 Å². The Morgan fingerprint density at radius 2 is 1.93 bits per heavy atom. The topological polar surface area (TPSA) is 61.4 Å². The van der Waals surface area contributed by atoms with E-state index in [0.29, 0.717) is 24.7 Å². The van der Waals surface area contributed by atoms with Gasteiger partial charge in [0, 0.05) is 38.4 Å². The normalized spacial score (nSPS) is 14.5. The predicted molar refractivity (Wildman–Crippen MR) is 109 cm³/mol. The van der Waals surface area contributed by atoms with E-state index in [4.69, 9.17) is 0 Å². The Hall–Kier alpha value is -2.63. The molecule has 2 aromatic rings. The number of rotatable bonds is 6. The van der Waals surface area contributed by atoms with Crippen molar-refractivity contribution in [3.8, 4) is 0 Å². The average molecular weight is 367 g/mol. The van der Waals surface area contributed by atoms with E-state index in [2.05, 4.69) is 65.2 Å². The number of aryl methyl sites for hydroxylation is 1. The van der Waals surface area contributed by atoms with Gasteiger partial charge in [0.25, 0.3) is 5.91 Å². The van der Waals surface area contributed by atoms with Gasteiger partial charge in [-0.05, 0) is 37.0 Å². The van der Waals surface area contributed by atoms with E-state index >= 15 is 0 Å². The van der Waals surface area contributed by atoms with E-state index in [-0.39, 0.29) is 5.91 Å². The zero-order chi connectivity index (χ0) is 19.2. The van der Waals surface area contributed by atoms with Gasteiger partial charge in [0.1, 0.15) is 11.5 Å². The number of benzene rings is 1. The van der Waals surface area contributed by atoms with Crippen molar-refractivity contribution in [1.29, 1.82) is 0 Å². The standard InChI is InChI=1S/C21H29N5O/c1-16(2)7-8-22-20-15-23-19(14-24-20)21(27)26-11-9-25(10-12-26)18-6-4-5-17(3)13-18/h4-6,13-16H,7-12H2,1-3H3,(H,22,24). The maximum absolute atomic E-state index is 12.7. The number of carbonyl (C=O) groups is 1. The number of hydrogen-bond donors (Lipinski definition) is 1. The molecule has 1 aromatic heterocycles. The fraction of sp³-hybridized carbons (Fsp3) is 0.476. The third-order valence-electron chi connectivity index (χ3n) is 4.83. The van der Waals surface area contributed by atoms with Gasteiger partial charge in [0.15, 0.2) is 0 Å². The largest absolute Gasteiger partial charge is 0.369 e. The minimum Gasteiger partial charge on any atom is -0.369 e. The van der Waals surface area contributed by atoms with Crippen LogP contribution in [-0.2, 0) is 0 Å². The van der Waals surface area contributed by atoms with E-state index < -0.39 is 0 Å². The van der Waals surface area contributed by atoms with Crippen LogP contribution in [0.15, 0.2) is 36.7 Å². The van der Waals surface area contributed by atoms with Crippen molar-refractivity contribution in [2.24, 2.45) is 5.92 Å². The molecule has 1 fully saturated rings. The molecule has 1 saturated heterocycles. The minimum absolute atomic E-state index is 0.0416. The predicted octanol–water partition coefficient (Wildman–Crippen LogP) is 3.21. The summed E-state index contributed by atoms with van der Waals surface area (Å²) in [6.45, 7) is 10.4. The first kappa shape index (κ1) is 19.1. The smallest absolute Gasteiger partial charge is 0.274 e. The first-order chi connectivity index (χ1) is 13.0. The fourth-order valence-corrected chi connectivity index (χ4v) is 3.17. The number of nitrogens with one attached hydrogen (secondary N) is 1. The number of amides is 1. The number of carbonyl (C=O) groups excluding carboxylic acids is 1. The first-order valence-electron chi connectivity index (χ1n) is 9.70. The van der Waals surface area contributed by atoms with Gasteiger partial charge >= 0.3 is 0 Å². The third-order valence-corrected chi connectivity index (χ3v) is 4.83. The molecule has 27 heavy (non-hydrogen) atoms. The Labute approximate surface area is 161 Å². The molecule has 6 heteroatoms. The van der Waals surface area contributed by atoms with Gasteiger partial charge < -0.3 is 15.1 Å². The summed E-state index contributed by atoms with van der Waals surface area (Å²) in [6.07, 6.45) is 4.30. The number of aromatic nitrogens is 2. The van der Waals surface area contributed by atoms with Crippen LogP contribution in [0.2, 0.25) is 0 Å². The summed E-state index contributed by atoms with van der Waals surface area (Å²) in [4.78, 5) is 25.5. The van der Waals surface area contributed by atoms with Crippen LogP contribution in [0.1, 0.15) is 36.3 Å². The van der Waals surface area contributed by atoms with Crippen LogP contribution < -0.4 is 10.2 Å². The van der Waals surface area contributed by atoms with Gasteiger partial charge in [-0.15, -0.1) is 0 Å². The maximum atomic E-state index is 12.7. The second-order valence-electron chi connectivity index (χ2n) is 7.51. The summed E-state index contributed by atoms with van der Waals surface area (Å²) >= 11 is 0. The van der Waals surface area contributed by atoms with Crippen LogP contribution in [0.5, 0.6) is 0 Å². The Balaban J connectivity index is 1.53. The molecule has 0 bridgehead atoms. The van der Waals surface area contributed by atoms with Gasteiger partial charge in [0.2, 0.25) is 0 Å². The van der Waals surface area contributed by atoms with Crippen molar-refractivity contribution < 1.29 is 4.79 Å². The lowest BCUT2D eigenvalue weighted by Crippen LogP contribution is -2.49. The number of piperazine rings is 1. The molecule has 1 N–H and O–H groups in total. The van der Waals surface area contributed by atoms with Crippen LogP contribution in [0.25, 0.3) is 0 Å². The molecule has 3 rings (SSSR count). The molecular formula is C21H29N5O. The lowest BCUT2D eigenvalue weighted by atomic mass is 10.1. The lowest BCUT2D eigenvalue weighted by Gasteiger charge is -2.36. The minimum atomic E-state index is -0.0416. The monoisotopic (exact) mass is 367 g/mol. The van der Waals surface area contributed by atoms with Crippen molar-refractivity contribution in [1.82, 2.24) is 14.9 Å². The van der Waals surface area contributed by atoms with Crippen LogP contribution in [0.4, 0.5) is 11.5 Å². The van der Waals surface area contributed by atoms with Crippen LogP contribution in [-0.4, -0.2) is 53.5 Å². The van der Waals surface area contributed by atoms with Crippen LogP contribution >= 0.6 is 0 Å². The van der Waals surface area contributed by atoms with Gasteiger partial charge in [-0.2, -0.15) is 0 Å². The molecule has 2 heterocycles. The molecule has 1 aromatic carbocycles. The molecule has 0 radical (unpaired) electrons. The van der Waals surface area contributed by atoms with Crippen molar-refractivity contribution in [2.75, 3.05) is 42.9 Å². The summed E-state index contributed by atoms with van der Waals surface area (Å²) in [5.41, 5.74) is 2.88. The summed E-state index contributed by atoms with van der Waals surface area (Å²) in [6, 6.07) is 8.49. The van der Waals surface area contributed by atoms with E-state index in [1.165, 1.54) is 11.3 Å². The molecule has 144 valence electrons. The third kappa shape index (κ3) is 5.18. The summed E-state index contributed by atoms with van der Waals surface area (Å²) in [7, 11) is 0. The van der Waals surface area contributed by atoms with Gasteiger partial charge in [-0.25, -0.2) is 9.97 Å². The Morgan fingerprint density at radius 1 is 1.15 bits per heavy atom. The van der Waals surface area contributed by atoms with Gasteiger partial charge in [-0.1, -0.05) is 26.0 Å². The molecule has 1 aliphatic rings. The van der Waals surface area contributed by atoms with Crippen molar-refractivity contribution >= 4 is 17.4 Å². The summed E-state index contributed by atoms with van der Waals surface area (Å²) < 4.78 is 0. The number of hydrogen-bond acceptors (Lipinski definition) is 5. The number of anilines is 2. The highest BCUT2D eigenvalue weighted by atomic mass is 16.2.